The third kappa shape index (κ3) is 3.13. The number of nitrogens with zero attached hydrogens (tertiary/aromatic N) is 2. The minimum Gasteiger partial charge on any atom is -0.508 e. The van der Waals surface area contributed by atoms with Gasteiger partial charge in [-0.1, -0.05) is 35.9 Å². The first kappa shape index (κ1) is 16.8. The predicted molar refractivity (Wildman–Crippen MR) is 96.5 cm³/mol. The van der Waals surface area contributed by atoms with Crippen LogP contribution >= 0.6 is 28.6 Å². The number of amidine groups is 1. The average Bonchev–Trinajstić information content (AvgIpc) is 2.46. The lowest BCUT2D eigenvalue weighted by Crippen LogP contribution is -2.28. The molecular weight excluding hydrogens is 364 g/mol. The van der Waals surface area contributed by atoms with E-state index in [2.05, 4.69) is 0 Å². The molecule has 3 rings (SSSR count). The van der Waals surface area contributed by atoms with Gasteiger partial charge in [0, 0.05) is 25.5 Å². The fraction of sp³-hybridized carbons (Fsp3) is 0.235. The Bertz CT molecular complexity index is 716. The lowest BCUT2D eigenvalue weighted by molar-refractivity contribution is 0.474. The maximum atomic E-state index is 9.74. The summed E-state index contributed by atoms with van der Waals surface area (Å²) in [4.78, 5) is 6.87. The van der Waals surface area contributed by atoms with Gasteiger partial charge in [-0.2, -0.15) is 0 Å². The van der Waals surface area contributed by atoms with Gasteiger partial charge in [-0.15, -0.1) is 17.0 Å². The van der Waals surface area contributed by atoms with Crippen molar-refractivity contribution in [2.45, 2.75) is 12.5 Å². The Kier molecular flexibility index (Phi) is 5.14. The Balaban J connectivity index is 0.00000176. The lowest BCUT2D eigenvalue weighted by atomic mass is 9.90. The highest BCUT2D eigenvalue weighted by molar-refractivity contribution is 8.93. The normalized spacial score (nSPS) is 16.3. The zero-order chi connectivity index (χ0) is 15.0. The maximum Gasteiger partial charge on any atom is 0.115 e. The van der Waals surface area contributed by atoms with Crippen LogP contribution in [0, 0.1) is 0 Å². The molecule has 0 amide bonds. The van der Waals surface area contributed by atoms with E-state index in [0.717, 1.165) is 28.9 Å². The van der Waals surface area contributed by atoms with Crippen molar-refractivity contribution in [2.24, 2.45) is 4.99 Å². The number of benzene rings is 2. The number of rotatable bonds is 1. The van der Waals surface area contributed by atoms with Gasteiger partial charge in [0.15, 0.2) is 0 Å². The van der Waals surface area contributed by atoms with E-state index in [1.165, 1.54) is 0 Å². The second kappa shape index (κ2) is 6.71. The number of hydrogen-bond donors (Lipinski definition) is 1. The first-order valence-electron chi connectivity index (χ1n) is 6.86. The number of halogens is 2. The molecule has 0 bridgehead atoms. The van der Waals surface area contributed by atoms with Crippen LogP contribution in [0.4, 0.5) is 0 Å². The van der Waals surface area contributed by atoms with Crippen LogP contribution in [0.2, 0.25) is 5.02 Å². The van der Waals surface area contributed by atoms with Gasteiger partial charge in [0.05, 0.1) is 0 Å². The SMILES string of the molecule is Br.CN(C)C1=NC(c2ccccc2Cl)c2ccc(O)cc2C1. The van der Waals surface area contributed by atoms with E-state index < -0.39 is 0 Å². The van der Waals surface area contributed by atoms with Gasteiger partial charge in [-0.05, 0) is 34.9 Å². The highest BCUT2D eigenvalue weighted by Crippen LogP contribution is 2.37. The number of phenolic OH excluding ortho intramolecular Hbond substituents is 1. The lowest BCUT2D eigenvalue weighted by Gasteiger charge is -2.28. The summed E-state index contributed by atoms with van der Waals surface area (Å²) < 4.78 is 0. The highest BCUT2D eigenvalue weighted by Gasteiger charge is 2.25. The molecule has 1 heterocycles. The van der Waals surface area contributed by atoms with Gasteiger partial charge >= 0.3 is 0 Å². The van der Waals surface area contributed by atoms with Crippen molar-refractivity contribution in [1.82, 2.24) is 4.90 Å². The fourth-order valence-corrected chi connectivity index (χ4v) is 2.89. The van der Waals surface area contributed by atoms with E-state index in [-0.39, 0.29) is 28.8 Å². The van der Waals surface area contributed by atoms with E-state index in [9.17, 15) is 5.11 Å². The molecule has 0 aliphatic carbocycles. The van der Waals surface area contributed by atoms with Crippen molar-refractivity contribution in [2.75, 3.05) is 14.1 Å². The topological polar surface area (TPSA) is 35.8 Å². The van der Waals surface area contributed by atoms with Gasteiger partial charge in [0.2, 0.25) is 0 Å². The summed E-state index contributed by atoms with van der Waals surface area (Å²) in [5.41, 5.74) is 3.19. The van der Waals surface area contributed by atoms with E-state index in [1.807, 2.05) is 55.4 Å². The van der Waals surface area contributed by atoms with Crippen molar-refractivity contribution in [3.63, 3.8) is 0 Å². The number of likely N-dealkylation sites (N-methyl/N-ethyl adjacent to an activating group) is 1. The molecule has 0 spiro atoms. The van der Waals surface area contributed by atoms with E-state index in [1.54, 1.807) is 6.07 Å². The third-order valence-corrected chi connectivity index (χ3v) is 4.11. The van der Waals surface area contributed by atoms with Gasteiger partial charge in [-0.25, -0.2) is 0 Å². The van der Waals surface area contributed by atoms with Gasteiger partial charge < -0.3 is 10.0 Å². The van der Waals surface area contributed by atoms with Crippen LogP contribution < -0.4 is 0 Å². The fourth-order valence-electron chi connectivity index (χ4n) is 2.65. The highest BCUT2D eigenvalue weighted by atomic mass is 79.9. The zero-order valence-electron chi connectivity index (χ0n) is 12.5. The Morgan fingerprint density at radius 2 is 1.86 bits per heavy atom. The minimum atomic E-state index is -0.125. The second-order valence-electron chi connectivity index (χ2n) is 5.42. The molecule has 116 valence electrons. The van der Waals surface area contributed by atoms with Crippen LogP contribution in [0.25, 0.3) is 0 Å². The molecule has 22 heavy (non-hydrogen) atoms. The Morgan fingerprint density at radius 3 is 2.55 bits per heavy atom. The van der Waals surface area contributed by atoms with Crippen molar-refractivity contribution in [1.29, 1.82) is 0 Å². The van der Waals surface area contributed by atoms with Crippen molar-refractivity contribution < 1.29 is 5.11 Å². The molecule has 0 fully saturated rings. The van der Waals surface area contributed by atoms with Crippen LogP contribution in [0.15, 0.2) is 47.5 Å². The molecule has 0 radical (unpaired) electrons. The first-order valence-corrected chi connectivity index (χ1v) is 7.24. The van der Waals surface area contributed by atoms with Crippen LogP contribution in [-0.4, -0.2) is 29.9 Å². The number of fused-ring (bicyclic) bond motifs is 1. The summed E-state index contributed by atoms with van der Waals surface area (Å²) in [5, 5.41) is 10.5. The summed E-state index contributed by atoms with van der Waals surface area (Å²) in [6.45, 7) is 0. The van der Waals surface area contributed by atoms with Crippen molar-refractivity contribution in [3.8, 4) is 5.75 Å². The number of aliphatic imine (C=N–C) groups is 1. The van der Waals surface area contributed by atoms with Crippen molar-refractivity contribution >= 4 is 34.4 Å². The molecule has 0 aromatic heterocycles. The van der Waals surface area contributed by atoms with Crippen molar-refractivity contribution in [3.05, 3.63) is 64.2 Å². The summed E-state index contributed by atoms with van der Waals surface area (Å²) >= 11 is 6.35. The van der Waals surface area contributed by atoms with Crippen LogP contribution in [0.3, 0.4) is 0 Å². The zero-order valence-corrected chi connectivity index (χ0v) is 14.9. The smallest absolute Gasteiger partial charge is 0.115 e. The minimum absolute atomic E-state index is 0. The average molecular weight is 382 g/mol. The van der Waals surface area contributed by atoms with E-state index in [4.69, 9.17) is 16.6 Å². The van der Waals surface area contributed by atoms with Crippen LogP contribution in [0.5, 0.6) is 5.75 Å². The van der Waals surface area contributed by atoms with E-state index >= 15 is 0 Å². The molecule has 1 N–H and O–H groups in total. The molecule has 1 atom stereocenters. The summed E-state index contributed by atoms with van der Waals surface area (Å²) in [6, 6.07) is 13.1. The molecule has 1 aliphatic rings. The Hall–Kier alpha value is -1.52. The predicted octanol–water partition coefficient (Wildman–Crippen LogP) is 4.23. The quantitative estimate of drug-likeness (QED) is 0.802. The summed E-state index contributed by atoms with van der Waals surface area (Å²) in [6.07, 6.45) is 0.720. The molecular formula is C17H18BrClN2O. The van der Waals surface area contributed by atoms with Gasteiger partial charge in [0.1, 0.15) is 17.6 Å². The Morgan fingerprint density at radius 1 is 1.14 bits per heavy atom. The number of phenols is 1. The van der Waals surface area contributed by atoms with Crippen LogP contribution in [-0.2, 0) is 6.42 Å². The summed E-state index contributed by atoms with van der Waals surface area (Å²) in [5.74, 6) is 1.27. The number of aromatic hydroxyl groups is 1. The van der Waals surface area contributed by atoms with E-state index in [0.29, 0.717) is 5.02 Å². The van der Waals surface area contributed by atoms with Gasteiger partial charge in [0.25, 0.3) is 0 Å². The standard InChI is InChI=1S/C17H17ClN2O.BrH/c1-20(2)16-10-11-9-12(21)7-8-13(11)17(19-16)14-5-3-4-6-15(14)18;/h3-9,17,21H,10H2,1-2H3;1H. The molecule has 2 aromatic carbocycles. The first-order chi connectivity index (χ1) is 10.1. The maximum absolute atomic E-state index is 9.74. The molecule has 0 saturated carbocycles. The van der Waals surface area contributed by atoms with Crippen LogP contribution in [0.1, 0.15) is 22.7 Å². The monoisotopic (exact) mass is 380 g/mol. The largest absolute Gasteiger partial charge is 0.508 e. The summed E-state index contributed by atoms with van der Waals surface area (Å²) in [7, 11) is 3.96. The van der Waals surface area contributed by atoms with Gasteiger partial charge in [-0.3, -0.25) is 4.99 Å². The Labute approximate surface area is 146 Å². The third-order valence-electron chi connectivity index (χ3n) is 3.76. The second-order valence-corrected chi connectivity index (χ2v) is 5.83. The number of hydrogen-bond acceptors (Lipinski definition) is 3. The molecule has 0 saturated heterocycles. The molecule has 3 nitrogen and oxygen atoms in total. The molecule has 1 unspecified atom stereocenters. The molecule has 2 aromatic rings. The molecule has 1 aliphatic heterocycles. The molecule has 5 heteroatoms.